The highest BCUT2D eigenvalue weighted by Crippen LogP contribution is 2.25. The van der Waals surface area contributed by atoms with E-state index in [0.717, 1.165) is 19.3 Å². The number of carbonyl (C=O) groups excluding carboxylic acids is 1. The Labute approximate surface area is 177 Å². The van der Waals surface area contributed by atoms with E-state index >= 15 is 0 Å². The van der Waals surface area contributed by atoms with Gasteiger partial charge in [-0.3, -0.25) is 9.59 Å². The van der Waals surface area contributed by atoms with Crippen molar-refractivity contribution in [1.82, 2.24) is 0 Å². The molecule has 0 aromatic rings. The fraction of sp³-hybridized carbons (Fsp3) is 0.913. The molecule has 29 heavy (non-hydrogen) atoms. The van der Waals surface area contributed by atoms with Crippen molar-refractivity contribution < 1.29 is 29.4 Å². The number of rotatable bonds is 19. The highest BCUT2D eigenvalue weighted by Gasteiger charge is 2.51. The Hall–Kier alpha value is -0.980. The summed E-state index contributed by atoms with van der Waals surface area (Å²) in [5.74, 6) is -1.87. The Morgan fingerprint density at radius 3 is 1.52 bits per heavy atom. The van der Waals surface area contributed by atoms with Crippen LogP contribution in [0.5, 0.6) is 0 Å². The summed E-state index contributed by atoms with van der Waals surface area (Å²) in [6.07, 6.45) is 13.3. The number of carboxylic acid groups (broad SMARTS) is 1. The van der Waals surface area contributed by atoms with E-state index in [2.05, 4.69) is 6.92 Å². The van der Waals surface area contributed by atoms with E-state index < -0.39 is 30.0 Å². The fourth-order valence-electron chi connectivity index (χ4n) is 3.72. The molecule has 0 aliphatic rings. The van der Waals surface area contributed by atoms with Crippen molar-refractivity contribution in [3.63, 3.8) is 0 Å². The summed E-state index contributed by atoms with van der Waals surface area (Å²) in [6, 6.07) is 0. The lowest BCUT2D eigenvalue weighted by molar-refractivity contribution is -0.925. The van der Waals surface area contributed by atoms with Gasteiger partial charge < -0.3 is 19.8 Å². The van der Waals surface area contributed by atoms with Crippen LogP contribution in [-0.4, -0.2) is 64.5 Å². The maximum absolute atomic E-state index is 12.5. The van der Waals surface area contributed by atoms with E-state index in [1.54, 1.807) is 21.1 Å². The first-order chi connectivity index (χ1) is 13.6. The molecule has 0 aromatic carbocycles. The van der Waals surface area contributed by atoms with Crippen molar-refractivity contribution >= 4 is 11.8 Å². The number of quaternary nitrogens is 1. The monoisotopic (exact) mass is 416 g/mol. The molecule has 0 heterocycles. The SMILES string of the molecule is CCCCCCCCCCCCCCCC(=O)C(O)(CC(=O)O)C(O)[N+](C)(C)C. The van der Waals surface area contributed by atoms with Crippen LogP contribution in [0, 0.1) is 0 Å². The minimum Gasteiger partial charge on any atom is -0.481 e. The molecular formula is C23H46NO5+. The summed E-state index contributed by atoms with van der Waals surface area (Å²) < 4.78 is -0.103. The van der Waals surface area contributed by atoms with Crippen LogP contribution in [-0.2, 0) is 9.59 Å². The largest absolute Gasteiger partial charge is 0.481 e. The maximum Gasteiger partial charge on any atom is 0.307 e. The molecule has 0 aromatic heterocycles. The first-order valence-corrected chi connectivity index (χ1v) is 11.5. The Morgan fingerprint density at radius 2 is 1.17 bits per heavy atom. The number of likely N-dealkylation sites (N-methyl/N-ethyl adjacent to an activating group) is 1. The Kier molecular flexibility index (Phi) is 14.4. The van der Waals surface area contributed by atoms with Gasteiger partial charge in [0.2, 0.25) is 11.8 Å². The van der Waals surface area contributed by atoms with Gasteiger partial charge in [-0.1, -0.05) is 84.0 Å². The molecule has 2 unspecified atom stereocenters. The average Bonchev–Trinajstić information content (AvgIpc) is 2.63. The van der Waals surface area contributed by atoms with E-state index in [4.69, 9.17) is 5.11 Å². The van der Waals surface area contributed by atoms with Gasteiger partial charge in [0.05, 0.1) is 27.6 Å². The number of carboxylic acids is 1. The second kappa shape index (κ2) is 14.9. The van der Waals surface area contributed by atoms with Gasteiger partial charge in [0.25, 0.3) is 0 Å². The fourth-order valence-corrected chi connectivity index (χ4v) is 3.72. The second-order valence-electron chi connectivity index (χ2n) is 9.40. The van der Waals surface area contributed by atoms with Crippen molar-refractivity contribution in [2.75, 3.05) is 21.1 Å². The van der Waals surface area contributed by atoms with Gasteiger partial charge in [0.1, 0.15) is 0 Å². The number of hydrogen-bond donors (Lipinski definition) is 3. The first kappa shape index (κ1) is 28.0. The number of aliphatic hydroxyl groups excluding tert-OH is 1. The molecule has 0 saturated heterocycles. The topological polar surface area (TPSA) is 94.8 Å². The molecule has 3 N–H and O–H groups in total. The van der Waals surface area contributed by atoms with Gasteiger partial charge in [-0.25, -0.2) is 0 Å². The summed E-state index contributed by atoms with van der Waals surface area (Å²) >= 11 is 0. The third kappa shape index (κ3) is 12.3. The van der Waals surface area contributed by atoms with Crippen LogP contribution in [0.15, 0.2) is 0 Å². The van der Waals surface area contributed by atoms with Gasteiger partial charge in [0, 0.05) is 6.42 Å². The molecule has 0 rings (SSSR count). The zero-order valence-electron chi connectivity index (χ0n) is 19.3. The lowest BCUT2D eigenvalue weighted by atomic mass is 9.87. The number of carbonyl (C=O) groups is 2. The molecule has 6 nitrogen and oxygen atoms in total. The van der Waals surface area contributed by atoms with Gasteiger partial charge in [-0.15, -0.1) is 0 Å². The molecule has 0 spiro atoms. The van der Waals surface area contributed by atoms with Crippen molar-refractivity contribution in [2.45, 2.75) is 115 Å². The normalized spacial score (nSPS) is 15.1. The molecule has 0 aliphatic carbocycles. The maximum atomic E-state index is 12.5. The third-order valence-corrected chi connectivity index (χ3v) is 5.57. The van der Waals surface area contributed by atoms with Gasteiger partial charge in [0.15, 0.2) is 5.78 Å². The second-order valence-corrected chi connectivity index (χ2v) is 9.40. The van der Waals surface area contributed by atoms with Crippen LogP contribution >= 0.6 is 0 Å². The predicted molar refractivity (Wildman–Crippen MR) is 117 cm³/mol. The lowest BCUT2D eigenvalue weighted by Gasteiger charge is -2.39. The molecule has 0 fully saturated rings. The van der Waals surface area contributed by atoms with Crippen LogP contribution in [0.4, 0.5) is 0 Å². The molecule has 0 radical (unpaired) electrons. The van der Waals surface area contributed by atoms with Gasteiger partial charge in [-0.2, -0.15) is 0 Å². The van der Waals surface area contributed by atoms with Crippen molar-refractivity contribution in [1.29, 1.82) is 0 Å². The van der Waals surface area contributed by atoms with Crippen LogP contribution < -0.4 is 0 Å². The Morgan fingerprint density at radius 1 is 0.793 bits per heavy atom. The molecule has 0 aliphatic heterocycles. The predicted octanol–water partition coefficient (Wildman–Crippen LogP) is 4.27. The summed E-state index contributed by atoms with van der Waals surface area (Å²) in [5.41, 5.74) is -2.25. The van der Waals surface area contributed by atoms with Crippen LogP contribution in [0.2, 0.25) is 0 Å². The molecule has 2 atom stereocenters. The summed E-state index contributed by atoms with van der Waals surface area (Å²) in [6.45, 7) is 2.24. The summed E-state index contributed by atoms with van der Waals surface area (Å²) in [5, 5.41) is 30.1. The zero-order valence-corrected chi connectivity index (χ0v) is 19.3. The van der Waals surface area contributed by atoms with E-state index in [9.17, 15) is 19.8 Å². The molecule has 6 heteroatoms. The van der Waals surface area contributed by atoms with E-state index in [-0.39, 0.29) is 10.9 Å². The van der Waals surface area contributed by atoms with Crippen molar-refractivity contribution in [3.05, 3.63) is 0 Å². The molecule has 172 valence electrons. The highest BCUT2D eigenvalue weighted by molar-refractivity contribution is 5.91. The van der Waals surface area contributed by atoms with Gasteiger partial charge in [-0.05, 0) is 6.42 Å². The number of ketones is 1. The van der Waals surface area contributed by atoms with Crippen LogP contribution in [0.3, 0.4) is 0 Å². The number of unbranched alkanes of at least 4 members (excludes halogenated alkanes) is 12. The number of Topliss-reactive ketones (excluding diaryl/α,β-unsaturated/α-hetero) is 1. The standard InChI is InChI=1S/C23H45NO5/c1-5-6-7-8-9-10-11-12-13-14-15-16-17-18-20(25)23(29,19-21(26)27)22(28)24(2,3)4/h22,28-29H,5-19H2,1-4H3/p+1. The molecular weight excluding hydrogens is 370 g/mol. The van der Waals surface area contributed by atoms with Crippen molar-refractivity contribution in [2.24, 2.45) is 0 Å². The Balaban J connectivity index is 4.01. The quantitative estimate of drug-likeness (QED) is 0.166. The Bertz CT molecular complexity index is 461. The summed E-state index contributed by atoms with van der Waals surface area (Å²) in [7, 11) is 4.86. The molecule has 0 saturated carbocycles. The summed E-state index contributed by atoms with van der Waals surface area (Å²) in [4.78, 5) is 23.6. The number of hydrogen-bond acceptors (Lipinski definition) is 4. The first-order valence-electron chi connectivity index (χ1n) is 11.5. The number of aliphatic hydroxyl groups is 2. The van der Waals surface area contributed by atoms with Gasteiger partial charge >= 0.3 is 5.97 Å². The molecule has 0 bridgehead atoms. The van der Waals surface area contributed by atoms with E-state index in [0.29, 0.717) is 6.42 Å². The van der Waals surface area contributed by atoms with E-state index in [1.807, 2.05) is 0 Å². The van der Waals surface area contributed by atoms with Crippen LogP contribution in [0.25, 0.3) is 0 Å². The number of nitrogens with zero attached hydrogens (tertiary/aromatic N) is 1. The minimum absolute atomic E-state index is 0.0958. The van der Waals surface area contributed by atoms with Crippen molar-refractivity contribution in [3.8, 4) is 0 Å². The zero-order chi connectivity index (χ0) is 22.3. The minimum atomic E-state index is -2.25. The lowest BCUT2D eigenvalue weighted by Crippen LogP contribution is -2.63. The number of aliphatic carboxylic acids is 1. The molecule has 0 amide bonds. The van der Waals surface area contributed by atoms with Crippen LogP contribution in [0.1, 0.15) is 103 Å². The third-order valence-electron chi connectivity index (χ3n) is 5.57. The van der Waals surface area contributed by atoms with E-state index in [1.165, 1.54) is 57.8 Å². The highest BCUT2D eigenvalue weighted by atomic mass is 16.4. The smallest absolute Gasteiger partial charge is 0.307 e. The average molecular weight is 417 g/mol.